The molecule has 6 nitrogen and oxygen atoms in total. The van der Waals surface area contributed by atoms with E-state index < -0.39 is 0 Å². The van der Waals surface area contributed by atoms with Crippen LogP contribution < -0.4 is 0 Å². The largest absolute Gasteiger partial charge is 0.456 e. The van der Waals surface area contributed by atoms with E-state index in [9.17, 15) is 0 Å². The Bertz CT molecular complexity index is 3850. The normalized spacial score (nSPS) is 14.8. The zero-order valence-electron chi connectivity index (χ0n) is 35.6. The highest BCUT2D eigenvalue weighted by Crippen LogP contribution is 2.53. The van der Waals surface area contributed by atoms with Crippen LogP contribution in [-0.2, 0) is 10.8 Å². The molecule has 1 aliphatic carbocycles. The molecular weight excluding hydrogens is 771 g/mol. The van der Waals surface area contributed by atoms with Gasteiger partial charge in [0.1, 0.15) is 11.2 Å². The number of furan rings is 1. The van der Waals surface area contributed by atoms with Crippen LogP contribution in [0.25, 0.3) is 111 Å². The van der Waals surface area contributed by atoms with Crippen molar-refractivity contribution >= 4 is 76.3 Å². The summed E-state index contributed by atoms with van der Waals surface area (Å²) in [5, 5.41) is 9.34. The number of aromatic nitrogens is 5. The number of fused-ring (bicyclic) bond motifs is 15. The van der Waals surface area contributed by atoms with Gasteiger partial charge in [-0.3, -0.25) is 4.57 Å². The van der Waals surface area contributed by atoms with Crippen molar-refractivity contribution in [2.75, 3.05) is 0 Å². The molecule has 12 aromatic rings. The quantitative estimate of drug-likeness (QED) is 0.178. The van der Waals surface area contributed by atoms with Gasteiger partial charge in [-0.1, -0.05) is 149 Å². The topological polar surface area (TPSA) is 61.7 Å². The maximum atomic E-state index is 6.26. The first-order valence-corrected chi connectivity index (χ1v) is 22.0. The number of rotatable bonds is 4. The third-order valence-corrected chi connectivity index (χ3v) is 14.0. The van der Waals surface area contributed by atoms with Gasteiger partial charge in [-0.25, -0.2) is 4.98 Å². The Balaban J connectivity index is 1.24. The van der Waals surface area contributed by atoms with Crippen molar-refractivity contribution in [2.45, 2.75) is 51.4 Å². The van der Waals surface area contributed by atoms with E-state index >= 15 is 0 Å². The molecule has 13 rings (SSSR count). The highest BCUT2D eigenvalue weighted by molar-refractivity contribution is 6.36. The fourth-order valence-electron chi connectivity index (χ4n) is 10.9. The summed E-state index contributed by atoms with van der Waals surface area (Å²) in [5.74, 6) is 1.76. The minimum atomic E-state index is -0.0536. The Labute approximate surface area is 364 Å². The van der Waals surface area contributed by atoms with E-state index in [-0.39, 0.29) is 10.8 Å². The van der Waals surface area contributed by atoms with Crippen molar-refractivity contribution in [3.05, 3.63) is 175 Å². The second-order valence-corrected chi connectivity index (χ2v) is 18.6. The molecule has 1 aliphatic rings. The Hall–Kier alpha value is -7.57. The predicted molar refractivity (Wildman–Crippen MR) is 259 cm³/mol. The van der Waals surface area contributed by atoms with Gasteiger partial charge >= 0.3 is 0 Å². The second-order valence-electron chi connectivity index (χ2n) is 18.6. The van der Waals surface area contributed by atoms with Crippen LogP contribution in [0.3, 0.4) is 0 Å². The van der Waals surface area contributed by atoms with Crippen LogP contribution in [0, 0.1) is 0 Å². The van der Waals surface area contributed by atoms with Crippen LogP contribution in [0.1, 0.15) is 51.7 Å². The van der Waals surface area contributed by atoms with Gasteiger partial charge in [0.15, 0.2) is 11.6 Å². The highest BCUT2D eigenvalue weighted by Gasteiger charge is 2.40. The van der Waals surface area contributed by atoms with Crippen molar-refractivity contribution < 1.29 is 4.42 Å². The lowest BCUT2D eigenvalue weighted by molar-refractivity contribution is 0.334. The molecule has 302 valence electrons. The molecule has 0 aliphatic heterocycles. The lowest BCUT2D eigenvalue weighted by atomic mass is 9.62. The molecule has 0 amide bonds. The van der Waals surface area contributed by atoms with Crippen LogP contribution in [0.4, 0.5) is 0 Å². The van der Waals surface area contributed by atoms with E-state index in [1.807, 2.05) is 36.4 Å². The van der Waals surface area contributed by atoms with Gasteiger partial charge < -0.3 is 8.98 Å². The highest BCUT2D eigenvalue weighted by atomic mass is 16.3. The Morgan fingerprint density at radius 2 is 1.03 bits per heavy atom. The van der Waals surface area contributed by atoms with Crippen LogP contribution in [0.5, 0.6) is 0 Å². The molecule has 0 N–H and O–H groups in total. The molecule has 8 aromatic carbocycles. The number of benzene rings is 8. The Kier molecular flexibility index (Phi) is 7.44. The first-order chi connectivity index (χ1) is 30.7. The summed E-state index contributed by atoms with van der Waals surface area (Å²) < 4.78 is 11.2. The van der Waals surface area contributed by atoms with Gasteiger partial charge in [0.25, 0.3) is 0 Å². The van der Waals surface area contributed by atoms with Gasteiger partial charge in [0.2, 0.25) is 5.95 Å². The Morgan fingerprint density at radius 1 is 0.444 bits per heavy atom. The van der Waals surface area contributed by atoms with Crippen molar-refractivity contribution in [3.8, 4) is 34.4 Å². The zero-order chi connectivity index (χ0) is 42.2. The summed E-state index contributed by atoms with van der Waals surface area (Å²) in [6.07, 6.45) is 2.25. The number of hydrogen-bond acceptors (Lipinski definition) is 4. The lowest BCUT2D eigenvalue weighted by Gasteiger charge is -2.42. The van der Waals surface area contributed by atoms with E-state index in [4.69, 9.17) is 19.4 Å². The van der Waals surface area contributed by atoms with Crippen molar-refractivity contribution in [2.24, 2.45) is 0 Å². The van der Waals surface area contributed by atoms with Crippen LogP contribution in [0.2, 0.25) is 0 Å². The smallest absolute Gasteiger partial charge is 0.238 e. The molecule has 0 spiro atoms. The van der Waals surface area contributed by atoms with Gasteiger partial charge in [0.05, 0.1) is 22.1 Å². The molecule has 0 saturated heterocycles. The van der Waals surface area contributed by atoms with Crippen molar-refractivity contribution in [3.63, 3.8) is 0 Å². The molecule has 4 aromatic heterocycles. The van der Waals surface area contributed by atoms with Gasteiger partial charge in [-0.05, 0) is 88.0 Å². The molecule has 63 heavy (non-hydrogen) atoms. The number of nitrogens with zero attached hydrogens (tertiary/aromatic N) is 5. The summed E-state index contributed by atoms with van der Waals surface area (Å²) in [7, 11) is 0. The molecule has 0 bridgehead atoms. The molecular formula is C57H43N5O. The van der Waals surface area contributed by atoms with E-state index in [0.29, 0.717) is 17.6 Å². The zero-order valence-corrected chi connectivity index (χ0v) is 35.6. The second kappa shape index (κ2) is 13.0. The van der Waals surface area contributed by atoms with Crippen LogP contribution in [0.15, 0.2) is 168 Å². The van der Waals surface area contributed by atoms with E-state index in [1.165, 1.54) is 43.6 Å². The third kappa shape index (κ3) is 5.15. The maximum absolute atomic E-state index is 6.26. The number of para-hydroxylation sites is 3. The molecule has 0 atom stereocenters. The van der Waals surface area contributed by atoms with Crippen LogP contribution in [-0.4, -0.2) is 24.1 Å². The first kappa shape index (κ1) is 36.1. The first-order valence-electron chi connectivity index (χ1n) is 22.0. The maximum Gasteiger partial charge on any atom is 0.238 e. The fourth-order valence-corrected chi connectivity index (χ4v) is 10.9. The summed E-state index contributed by atoms with van der Waals surface area (Å²) in [5.41, 5.74) is 12.0. The van der Waals surface area contributed by atoms with Gasteiger partial charge in [-0.15, -0.1) is 0 Å². The van der Waals surface area contributed by atoms with Crippen LogP contribution >= 0.6 is 0 Å². The summed E-state index contributed by atoms with van der Waals surface area (Å²) in [6, 6.07) is 58.3. The molecule has 0 fully saturated rings. The van der Waals surface area contributed by atoms with E-state index in [1.54, 1.807) is 0 Å². The monoisotopic (exact) mass is 813 g/mol. The standard InChI is InChI=1S/C57H43N5O/c1-56(2)31-32-57(3,4)49-43(56)29-28-41-48-39-23-12-11-22-38(39)47-40-24-13-15-25-44(40)62(52(47)51(48)61(50(41)49)36-19-9-6-10-20-36)55-59-53(34-17-7-5-8-18-34)58-54(60-55)35-27-30-46-42(33-35)37-21-14-16-26-45(37)63-46/h5-30,33H,31-32H2,1-4H3. The molecule has 6 heteroatoms. The summed E-state index contributed by atoms with van der Waals surface area (Å²) >= 11 is 0. The summed E-state index contributed by atoms with van der Waals surface area (Å²) in [6.45, 7) is 9.73. The molecule has 4 heterocycles. The van der Waals surface area contributed by atoms with E-state index in [2.05, 4.69) is 164 Å². The van der Waals surface area contributed by atoms with Crippen molar-refractivity contribution in [1.29, 1.82) is 0 Å². The van der Waals surface area contributed by atoms with Crippen molar-refractivity contribution in [1.82, 2.24) is 24.1 Å². The molecule has 0 unspecified atom stereocenters. The SMILES string of the molecule is CC1(C)CCC(C)(C)c2c1ccc1c3c4ccccc4c4c5ccccc5n(-c5nc(-c6ccccc6)nc(-c6ccc7oc8ccccc8c7c6)n5)c4c3n(-c3ccccc3)c21. The average Bonchev–Trinajstić information content (AvgIpc) is 3.99. The number of hydrogen-bond donors (Lipinski definition) is 0. The predicted octanol–water partition coefficient (Wildman–Crippen LogP) is 14.8. The minimum Gasteiger partial charge on any atom is -0.456 e. The molecule has 0 saturated carbocycles. The minimum absolute atomic E-state index is 0.0319. The Morgan fingerprint density at radius 3 is 1.79 bits per heavy atom. The van der Waals surface area contributed by atoms with Gasteiger partial charge in [-0.2, -0.15) is 9.97 Å². The summed E-state index contributed by atoms with van der Waals surface area (Å²) in [4.78, 5) is 16.2. The average molecular weight is 814 g/mol. The van der Waals surface area contributed by atoms with Gasteiger partial charge in [0, 0.05) is 49.1 Å². The third-order valence-electron chi connectivity index (χ3n) is 14.0. The fraction of sp³-hybridized carbons (Fsp3) is 0.140. The molecule has 0 radical (unpaired) electrons. The lowest BCUT2D eigenvalue weighted by Crippen LogP contribution is -2.34. The van der Waals surface area contributed by atoms with E-state index in [0.717, 1.165) is 73.5 Å².